The van der Waals surface area contributed by atoms with Gasteiger partial charge in [0.25, 0.3) is 0 Å². The van der Waals surface area contributed by atoms with E-state index in [2.05, 4.69) is 6.07 Å². The summed E-state index contributed by atoms with van der Waals surface area (Å²) in [6, 6.07) is 16.1. The number of carbonyl (C=O) groups is 2. The minimum Gasteiger partial charge on any atom is -0.466 e. The number of imidazole rings is 1. The van der Waals surface area contributed by atoms with E-state index in [4.69, 9.17) is 15.2 Å². The van der Waals surface area contributed by atoms with Crippen LogP contribution in [0.4, 0.5) is 5.69 Å². The zero-order valence-electron chi connectivity index (χ0n) is 21.0. The molecule has 37 heavy (non-hydrogen) atoms. The Labute approximate surface area is 213 Å². The van der Waals surface area contributed by atoms with Gasteiger partial charge in [-0.3, -0.25) is 14.0 Å². The van der Waals surface area contributed by atoms with E-state index < -0.39 is 17.9 Å². The highest BCUT2D eigenvalue weighted by molar-refractivity contribution is 6.06. The molecule has 1 aliphatic heterocycles. The predicted molar refractivity (Wildman–Crippen MR) is 137 cm³/mol. The van der Waals surface area contributed by atoms with Crippen molar-refractivity contribution in [2.45, 2.75) is 32.9 Å². The number of ether oxygens (including phenoxy) is 2. The van der Waals surface area contributed by atoms with Crippen LogP contribution in [0.15, 0.2) is 76.0 Å². The number of hydrogen-bond acceptors (Lipinski definition) is 8. The van der Waals surface area contributed by atoms with Crippen molar-refractivity contribution in [1.82, 2.24) is 9.13 Å². The zero-order chi connectivity index (χ0) is 26.9. The normalized spacial score (nSPS) is 15.6. The highest BCUT2D eigenvalue weighted by atomic mass is 16.5. The molecule has 0 saturated heterocycles. The Balaban J connectivity index is 2.09. The number of benzene rings is 2. The molecule has 1 aromatic heterocycles. The van der Waals surface area contributed by atoms with Gasteiger partial charge in [-0.05, 0) is 37.6 Å². The molecule has 0 fully saturated rings. The third kappa shape index (κ3) is 3.94. The lowest BCUT2D eigenvalue weighted by Crippen LogP contribution is -2.40. The summed E-state index contributed by atoms with van der Waals surface area (Å²) >= 11 is 0. The van der Waals surface area contributed by atoms with Gasteiger partial charge in [-0.2, -0.15) is 5.26 Å². The lowest BCUT2D eigenvalue weighted by molar-refractivity contribution is -0.139. The van der Waals surface area contributed by atoms with E-state index in [1.54, 1.807) is 57.7 Å². The first-order valence-corrected chi connectivity index (χ1v) is 11.7. The van der Waals surface area contributed by atoms with Crippen LogP contribution in [-0.2, 0) is 32.2 Å². The summed E-state index contributed by atoms with van der Waals surface area (Å²) in [6.07, 6.45) is 0. The number of allylic oxidation sites excluding steroid dienone is 1. The van der Waals surface area contributed by atoms with Crippen LogP contribution in [0.3, 0.4) is 0 Å². The molecule has 10 heteroatoms. The van der Waals surface area contributed by atoms with Gasteiger partial charge in [0.2, 0.25) is 0 Å². The highest BCUT2D eigenvalue weighted by Crippen LogP contribution is 2.43. The minimum atomic E-state index is -0.956. The van der Waals surface area contributed by atoms with Crippen LogP contribution in [0.5, 0.6) is 0 Å². The third-order valence-electron chi connectivity index (χ3n) is 6.50. The van der Waals surface area contributed by atoms with Gasteiger partial charge in [0.1, 0.15) is 11.5 Å². The summed E-state index contributed by atoms with van der Waals surface area (Å²) in [6.45, 7) is 4.63. The van der Waals surface area contributed by atoms with Crippen LogP contribution in [0, 0.1) is 11.3 Å². The summed E-state index contributed by atoms with van der Waals surface area (Å²) in [4.78, 5) is 40.6. The summed E-state index contributed by atoms with van der Waals surface area (Å²) in [7, 11) is 2.39. The molecule has 1 atom stereocenters. The predicted octanol–water partition coefficient (Wildman–Crippen LogP) is 2.74. The Morgan fingerprint density at radius 2 is 1.59 bits per heavy atom. The molecular weight excluding hydrogens is 474 g/mol. The fourth-order valence-electron chi connectivity index (χ4n) is 4.84. The SMILES string of the molecule is CCn1c(=O)n(CC)c2cc(N3C(N)=C(C#N)C(c4ccccc4)C(C(=O)OC)=C3C(=O)OC)ccc21. The van der Waals surface area contributed by atoms with Crippen molar-refractivity contribution in [1.29, 1.82) is 5.26 Å². The number of esters is 2. The van der Waals surface area contributed by atoms with Crippen molar-refractivity contribution in [3.8, 4) is 6.07 Å². The molecule has 190 valence electrons. The van der Waals surface area contributed by atoms with Gasteiger partial charge >= 0.3 is 17.6 Å². The van der Waals surface area contributed by atoms with E-state index in [1.807, 2.05) is 13.8 Å². The number of rotatable bonds is 6. The van der Waals surface area contributed by atoms with E-state index in [1.165, 1.54) is 19.1 Å². The number of hydrogen-bond donors (Lipinski definition) is 1. The first-order valence-electron chi connectivity index (χ1n) is 11.7. The van der Waals surface area contributed by atoms with Gasteiger partial charge < -0.3 is 15.2 Å². The Bertz CT molecular complexity index is 1560. The summed E-state index contributed by atoms with van der Waals surface area (Å²) in [5, 5.41) is 10.2. The number of nitrogens with two attached hydrogens (primary N) is 1. The largest absolute Gasteiger partial charge is 0.466 e. The van der Waals surface area contributed by atoms with Crippen molar-refractivity contribution in [3.63, 3.8) is 0 Å². The zero-order valence-corrected chi connectivity index (χ0v) is 21.0. The fourth-order valence-corrected chi connectivity index (χ4v) is 4.84. The quantitative estimate of drug-likeness (QED) is 0.510. The highest BCUT2D eigenvalue weighted by Gasteiger charge is 2.43. The van der Waals surface area contributed by atoms with Gasteiger partial charge in [0.05, 0.1) is 54.1 Å². The smallest absolute Gasteiger partial charge is 0.355 e. The molecule has 0 spiro atoms. The number of aromatic nitrogens is 2. The second-order valence-corrected chi connectivity index (χ2v) is 8.28. The number of nitrogens with zero attached hydrogens (tertiary/aromatic N) is 4. The standard InChI is InChI=1S/C27H27N5O5/c1-5-30-19-13-12-17(14-20(19)31(6-2)27(30)35)32-23(26(34)37-4)22(25(33)36-3)21(18(15-28)24(32)29)16-10-8-7-9-11-16/h7-14,21H,5-6,29H2,1-4H3. The monoisotopic (exact) mass is 501 g/mol. The van der Waals surface area contributed by atoms with Crippen LogP contribution in [0.2, 0.25) is 0 Å². The lowest BCUT2D eigenvalue weighted by atomic mass is 9.81. The van der Waals surface area contributed by atoms with Crippen molar-refractivity contribution in [3.05, 3.63) is 87.2 Å². The van der Waals surface area contributed by atoms with Gasteiger partial charge in [-0.25, -0.2) is 14.4 Å². The molecular formula is C27H27N5O5. The molecule has 1 aliphatic rings. The van der Waals surface area contributed by atoms with Crippen molar-refractivity contribution < 1.29 is 19.1 Å². The Morgan fingerprint density at radius 1 is 0.973 bits per heavy atom. The number of fused-ring (bicyclic) bond motifs is 1. The van der Waals surface area contributed by atoms with E-state index in [-0.39, 0.29) is 28.4 Å². The molecule has 0 bridgehead atoms. The van der Waals surface area contributed by atoms with E-state index in [0.717, 1.165) is 0 Å². The average molecular weight is 502 g/mol. The van der Waals surface area contributed by atoms with E-state index >= 15 is 0 Å². The van der Waals surface area contributed by atoms with E-state index in [0.29, 0.717) is 35.4 Å². The number of nitriles is 1. The molecule has 2 heterocycles. The maximum absolute atomic E-state index is 13.2. The first kappa shape index (κ1) is 25.3. The Hall–Kier alpha value is -4.78. The van der Waals surface area contributed by atoms with Crippen LogP contribution in [0.1, 0.15) is 25.3 Å². The molecule has 10 nitrogen and oxygen atoms in total. The van der Waals surface area contributed by atoms with Crippen LogP contribution in [0.25, 0.3) is 11.0 Å². The molecule has 0 saturated carbocycles. The molecule has 2 N–H and O–H groups in total. The van der Waals surface area contributed by atoms with Gasteiger partial charge in [0, 0.05) is 13.1 Å². The van der Waals surface area contributed by atoms with Crippen molar-refractivity contribution in [2.24, 2.45) is 5.73 Å². The van der Waals surface area contributed by atoms with Crippen LogP contribution in [-0.4, -0.2) is 35.3 Å². The summed E-state index contributed by atoms with van der Waals surface area (Å²) in [5.41, 5.74) is 8.51. The molecule has 1 unspecified atom stereocenters. The maximum atomic E-state index is 13.2. The molecule has 0 radical (unpaired) electrons. The number of methoxy groups -OCH3 is 2. The van der Waals surface area contributed by atoms with Crippen molar-refractivity contribution in [2.75, 3.05) is 19.1 Å². The van der Waals surface area contributed by atoms with Crippen molar-refractivity contribution >= 4 is 28.7 Å². The molecule has 4 rings (SSSR count). The van der Waals surface area contributed by atoms with Crippen LogP contribution < -0.4 is 16.3 Å². The summed E-state index contributed by atoms with van der Waals surface area (Å²) in [5.74, 6) is -2.63. The molecule has 2 aromatic carbocycles. The van der Waals surface area contributed by atoms with Crippen LogP contribution >= 0.6 is 0 Å². The summed E-state index contributed by atoms with van der Waals surface area (Å²) < 4.78 is 13.4. The topological polar surface area (TPSA) is 133 Å². The molecule has 0 aliphatic carbocycles. The van der Waals surface area contributed by atoms with Gasteiger partial charge in [-0.15, -0.1) is 0 Å². The molecule has 3 aromatic rings. The first-order chi connectivity index (χ1) is 17.8. The Morgan fingerprint density at radius 3 is 2.16 bits per heavy atom. The number of aryl methyl sites for hydroxylation is 2. The molecule has 0 amide bonds. The number of carbonyl (C=O) groups excluding carboxylic acids is 2. The van der Waals surface area contributed by atoms with Gasteiger partial charge in [-0.1, -0.05) is 30.3 Å². The average Bonchev–Trinajstić information content (AvgIpc) is 3.20. The van der Waals surface area contributed by atoms with E-state index in [9.17, 15) is 19.6 Å². The fraction of sp³-hybridized carbons (Fsp3) is 0.259. The number of anilines is 1. The second kappa shape index (κ2) is 10.1. The third-order valence-corrected chi connectivity index (χ3v) is 6.50. The lowest BCUT2D eigenvalue weighted by Gasteiger charge is -2.35. The minimum absolute atomic E-state index is 0.0379. The van der Waals surface area contributed by atoms with Gasteiger partial charge in [0.15, 0.2) is 0 Å². The second-order valence-electron chi connectivity index (χ2n) is 8.28. The Kier molecular flexibility index (Phi) is 6.89. The maximum Gasteiger partial charge on any atom is 0.355 e.